The van der Waals surface area contributed by atoms with Gasteiger partial charge in [-0.05, 0) is 83.1 Å². The molecular formula is C22H27N3OS. The van der Waals surface area contributed by atoms with Crippen LogP contribution in [0.25, 0.3) is 11.8 Å². The van der Waals surface area contributed by atoms with Crippen LogP contribution in [0, 0.1) is 13.8 Å². The highest BCUT2D eigenvalue weighted by molar-refractivity contribution is 8.18. The number of carbonyl (C=O) groups is 1. The minimum atomic E-state index is 0.0407. The number of hydrogen-bond donors (Lipinski definition) is 0. The van der Waals surface area contributed by atoms with Crippen molar-refractivity contribution in [2.24, 2.45) is 4.99 Å². The lowest BCUT2D eigenvalue weighted by Gasteiger charge is -2.20. The maximum atomic E-state index is 13.0. The van der Waals surface area contributed by atoms with Crippen LogP contribution in [-0.4, -0.2) is 32.6 Å². The fourth-order valence-corrected chi connectivity index (χ4v) is 4.53. The molecule has 4 nitrogen and oxygen atoms in total. The first-order valence-electron chi connectivity index (χ1n) is 9.35. The number of amidine groups is 1. The molecule has 2 aromatic rings. The second-order valence-electron chi connectivity index (χ2n) is 7.38. The first-order valence-corrected chi connectivity index (χ1v) is 10.2. The van der Waals surface area contributed by atoms with Crippen molar-refractivity contribution in [2.75, 3.05) is 0 Å². The summed E-state index contributed by atoms with van der Waals surface area (Å²) in [6.07, 6.45) is 2.01. The Morgan fingerprint density at radius 2 is 1.74 bits per heavy atom. The molecule has 1 fully saturated rings. The van der Waals surface area contributed by atoms with Crippen LogP contribution in [0.15, 0.2) is 46.3 Å². The molecule has 142 valence electrons. The minimum Gasteiger partial charge on any atom is -0.318 e. The average Bonchev–Trinajstić information content (AvgIpc) is 3.04. The molecule has 0 radical (unpaired) electrons. The second kappa shape index (κ2) is 7.77. The van der Waals surface area contributed by atoms with E-state index in [0.717, 1.165) is 32.7 Å². The van der Waals surface area contributed by atoms with Crippen LogP contribution >= 0.6 is 11.8 Å². The van der Waals surface area contributed by atoms with Crippen LogP contribution in [0.5, 0.6) is 0 Å². The Labute approximate surface area is 166 Å². The molecule has 1 amide bonds. The van der Waals surface area contributed by atoms with Crippen molar-refractivity contribution in [3.05, 3.63) is 58.3 Å². The average molecular weight is 382 g/mol. The summed E-state index contributed by atoms with van der Waals surface area (Å²) in [5, 5.41) is 0.799. The van der Waals surface area contributed by atoms with Gasteiger partial charge in [0.05, 0.1) is 4.91 Å². The van der Waals surface area contributed by atoms with Gasteiger partial charge in [-0.1, -0.05) is 18.2 Å². The van der Waals surface area contributed by atoms with Crippen LogP contribution in [0.1, 0.15) is 44.6 Å². The van der Waals surface area contributed by atoms with Gasteiger partial charge < -0.3 is 4.57 Å². The maximum absolute atomic E-state index is 13.0. The molecule has 0 atom stereocenters. The number of para-hydroxylation sites is 1. The van der Waals surface area contributed by atoms with Gasteiger partial charge in [-0.15, -0.1) is 0 Å². The Balaban J connectivity index is 2.02. The zero-order chi connectivity index (χ0) is 19.7. The molecule has 0 unspecified atom stereocenters. The number of hydrogen-bond acceptors (Lipinski definition) is 3. The summed E-state index contributed by atoms with van der Waals surface area (Å²) >= 11 is 1.48. The number of carbonyl (C=O) groups excluding carboxylic acids is 1. The number of benzene rings is 1. The standard InChI is InChI=1S/C22H27N3OS/c1-14(2)23-22-24(15(3)4)21(26)20(27-22)13-18-12-16(5)25(17(18)6)19-10-8-7-9-11-19/h7-15H,1-6H3/b20-13-,23-22?. The molecule has 0 bridgehead atoms. The van der Waals surface area contributed by atoms with E-state index in [1.54, 1.807) is 4.90 Å². The van der Waals surface area contributed by atoms with Gasteiger partial charge in [-0.25, -0.2) is 0 Å². The van der Waals surface area contributed by atoms with Gasteiger partial charge in [0.1, 0.15) is 0 Å². The van der Waals surface area contributed by atoms with Crippen molar-refractivity contribution >= 4 is 28.9 Å². The Bertz CT molecular complexity index is 907. The number of aryl methyl sites for hydroxylation is 1. The molecule has 1 aliphatic heterocycles. The summed E-state index contributed by atoms with van der Waals surface area (Å²) in [4.78, 5) is 20.1. The van der Waals surface area contributed by atoms with Gasteiger partial charge in [0.25, 0.3) is 5.91 Å². The van der Waals surface area contributed by atoms with Crippen molar-refractivity contribution in [1.82, 2.24) is 9.47 Å². The molecule has 1 aliphatic rings. The molecule has 2 heterocycles. The first kappa shape index (κ1) is 19.5. The van der Waals surface area contributed by atoms with E-state index in [9.17, 15) is 4.79 Å². The monoisotopic (exact) mass is 381 g/mol. The van der Waals surface area contributed by atoms with Gasteiger partial charge in [-0.2, -0.15) is 0 Å². The minimum absolute atomic E-state index is 0.0407. The van der Waals surface area contributed by atoms with Crippen molar-refractivity contribution in [3.63, 3.8) is 0 Å². The Hall–Kier alpha value is -2.27. The van der Waals surface area contributed by atoms with Crippen LogP contribution < -0.4 is 0 Å². The maximum Gasteiger partial charge on any atom is 0.266 e. The van der Waals surface area contributed by atoms with Crippen molar-refractivity contribution in [1.29, 1.82) is 0 Å². The van der Waals surface area contributed by atoms with E-state index < -0.39 is 0 Å². The lowest BCUT2D eigenvalue weighted by molar-refractivity contribution is -0.123. The lowest BCUT2D eigenvalue weighted by atomic mass is 10.2. The number of rotatable bonds is 4. The molecule has 0 N–H and O–H groups in total. The van der Waals surface area contributed by atoms with Gasteiger partial charge >= 0.3 is 0 Å². The van der Waals surface area contributed by atoms with Crippen LogP contribution in [0.3, 0.4) is 0 Å². The van der Waals surface area contributed by atoms with E-state index in [4.69, 9.17) is 0 Å². The van der Waals surface area contributed by atoms with Gasteiger partial charge in [0, 0.05) is 29.2 Å². The highest BCUT2D eigenvalue weighted by Gasteiger charge is 2.35. The number of nitrogens with zero attached hydrogens (tertiary/aromatic N) is 3. The molecular weight excluding hydrogens is 354 g/mol. The zero-order valence-corrected chi connectivity index (χ0v) is 17.7. The molecule has 0 aliphatic carbocycles. The molecule has 1 saturated heterocycles. The molecule has 1 aromatic carbocycles. The number of thioether (sulfide) groups is 1. The lowest BCUT2D eigenvalue weighted by Crippen LogP contribution is -2.35. The summed E-state index contributed by atoms with van der Waals surface area (Å²) in [5.74, 6) is 0.0407. The summed E-state index contributed by atoms with van der Waals surface area (Å²) in [5.41, 5.74) is 4.48. The smallest absolute Gasteiger partial charge is 0.266 e. The quantitative estimate of drug-likeness (QED) is 0.684. The largest absolute Gasteiger partial charge is 0.318 e. The fourth-order valence-electron chi connectivity index (χ4n) is 3.30. The van der Waals surface area contributed by atoms with Crippen LogP contribution in [-0.2, 0) is 4.79 Å². The van der Waals surface area contributed by atoms with E-state index >= 15 is 0 Å². The normalized spacial score (nSPS) is 17.9. The summed E-state index contributed by atoms with van der Waals surface area (Å²) < 4.78 is 2.22. The molecule has 1 aromatic heterocycles. The highest BCUT2D eigenvalue weighted by Crippen LogP contribution is 2.35. The number of aliphatic imine (C=N–C) groups is 1. The van der Waals surface area contributed by atoms with E-state index in [-0.39, 0.29) is 18.0 Å². The summed E-state index contributed by atoms with van der Waals surface area (Å²) in [6, 6.07) is 12.7. The third kappa shape index (κ3) is 3.88. The number of amides is 1. The van der Waals surface area contributed by atoms with E-state index in [1.807, 2.05) is 52.0 Å². The van der Waals surface area contributed by atoms with E-state index in [0.29, 0.717) is 0 Å². The molecule has 27 heavy (non-hydrogen) atoms. The van der Waals surface area contributed by atoms with Crippen molar-refractivity contribution in [3.8, 4) is 5.69 Å². The third-order valence-electron chi connectivity index (χ3n) is 4.49. The highest BCUT2D eigenvalue weighted by atomic mass is 32.2. The van der Waals surface area contributed by atoms with E-state index in [2.05, 4.69) is 41.6 Å². The molecule has 5 heteroatoms. The van der Waals surface area contributed by atoms with Gasteiger partial charge in [-0.3, -0.25) is 14.7 Å². The predicted octanol–water partition coefficient (Wildman–Crippen LogP) is 5.18. The third-order valence-corrected chi connectivity index (χ3v) is 5.49. The van der Waals surface area contributed by atoms with Crippen molar-refractivity contribution in [2.45, 2.75) is 53.6 Å². The summed E-state index contributed by atoms with van der Waals surface area (Å²) in [7, 11) is 0. The Morgan fingerprint density at radius 1 is 1.07 bits per heavy atom. The Kier molecular flexibility index (Phi) is 5.61. The van der Waals surface area contributed by atoms with Gasteiger partial charge in [0.2, 0.25) is 0 Å². The SMILES string of the molecule is Cc1cc(/C=C2\SC(=NC(C)C)N(C(C)C)C2=O)c(C)n1-c1ccccc1. The fraction of sp³-hybridized carbons (Fsp3) is 0.364. The number of aromatic nitrogens is 1. The summed E-state index contributed by atoms with van der Waals surface area (Å²) in [6.45, 7) is 12.3. The molecule has 3 rings (SSSR count). The van der Waals surface area contributed by atoms with Gasteiger partial charge in [0.15, 0.2) is 5.17 Å². The van der Waals surface area contributed by atoms with Crippen molar-refractivity contribution < 1.29 is 4.79 Å². The second-order valence-corrected chi connectivity index (χ2v) is 8.39. The topological polar surface area (TPSA) is 37.6 Å². The molecule has 0 saturated carbocycles. The van der Waals surface area contributed by atoms with Crippen LogP contribution in [0.2, 0.25) is 0 Å². The molecule has 0 spiro atoms. The Morgan fingerprint density at radius 3 is 2.33 bits per heavy atom. The zero-order valence-electron chi connectivity index (χ0n) is 16.9. The first-order chi connectivity index (χ1) is 12.8. The van der Waals surface area contributed by atoms with Crippen LogP contribution in [0.4, 0.5) is 0 Å². The predicted molar refractivity (Wildman–Crippen MR) is 115 cm³/mol. The van der Waals surface area contributed by atoms with E-state index in [1.165, 1.54) is 11.8 Å².